The fraction of sp³-hybridized carbons (Fsp3) is 0.429. The van der Waals surface area contributed by atoms with E-state index in [0.717, 1.165) is 6.07 Å². The minimum absolute atomic E-state index is 0.000126. The summed E-state index contributed by atoms with van der Waals surface area (Å²) in [6, 6.07) is 2.45. The van der Waals surface area contributed by atoms with Crippen LogP contribution in [-0.4, -0.2) is 24.4 Å². The van der Waals surface area contributed by atoms with Gasteiger partial charge in [-0.05, 0) is 31.9 Å². The summed E-state index contributed by atoms with van der Waals surface area (Å²) in [6.45, 7) is 2.24. The minimum atomic E-state index is -0.718. The molecule has 1 aromatic rings. The van der Waals surface area contributed by atoms with Gasteiger partial charge in [0.15, 0.2) is 0 Å². The lowest BCUT2D eigenvalue weighted by Gasteiger charge is -2.39. The third-order valence-electron chi connectivity index (χ3n) is 3.98. The zero-order valence-corrected chi connectivity index (χ0v) is 11.8. The molecule has 0 spiro atoms. The molecule has 7 heteroatoms. The van der Waals surface area contributed by atoms with Crippen molar-refractivity contribution in [3.63, 3.8) is 0 Å². The maximum atomic E-state index is 14.2. The molecule has 6 nitrogen and oxygen atoms in total. The largest absolute Gasteiger partial charge is 0.398 e. The van der Waals surface area contributed by atoms with Crippen molar-refractivity contribution in [2.24, 2.45) is 17.4 Å². The molecule has 2 rings (SSSR count). The molecule has 0 aliphatic carbocycles. The van der Waals surface area contributed by atoms with Crippen molar-refractivity contribution in [1.29, 1.82) is 0 Å². The number of nitrogens with two attached hydrogens (primary N) is 3. The summed E-state index contributed by atoms with van der Waals surface area (Å²) in [5.41, 5.74) is 16.5. The molecule has 2 unspecified atom stereocenters. The molecular weight excluding hydrogens is 275 g/mol. The van der Waals surface area contributed by atoms with Gasteiger partial charge in [-0.3, -0.25) is 9.59 Å². The lowest BCUT2D eigenvalue weighted by Crippen LogP contribution is -2.46. The molecule has 1 aliphatic heterocycles. The second kappa shape index (κ2) is 5.59. The van der Waals surface area contributed by atoms with Gasteiger partial charge in [-0.1, -0.05) is 0 Å². The normalized spacial score (nSPS) is 22.1. The fourth-order valence-corrected chi connectivity index (χ4v) is 2.69. The van der Waals surface area contributed by atoms with Gasteiger partial charge in [0.2, 0.25) is 5.91 Å². The zero-order valence-electron chi connectivity index (χ0n) is 11.8. The number of rotatable bonds is 3. The highest BCUT2D eigenvalue weighted by Crippen LogP contribution is 2.32. The Labute approximate surface area is 122 Å². The van der Waals surface area contributed by atoms with Crippen LogP contribution >= 0.6 is 0 Å². The van der Waals surface area contributed by atoms with Crippen molar-refractivity contribution >= 4 is 23.2 Å². The molecular formula is C14H19FN4O2. The summed E-state index contributed by atoms with van der Waals surface area (Å²) in [5, 5.41) is 0. The van der Waals surface area contributed by atoms with Crippen molar-refractivity contribution in [1.82, 2.24) is 0 Å². The molecule has 0 saturated carbocycles. The van der Waals surface area contributed by atoms with Gasteiger partial charge in [-0.15, -0.1) is 0 Å². The van der Waals surface area contributed by atoms with Crippen LogP contribution in [0.2, 0.25) is 0 Å². The van der Waals surface area contributed by atoms with Crippen molar-refractivity contribution in [3.05, 3.63) is 23.5 Å². The number of nitrogens with zero attached hydrogens (tertiary/aromatic N) is 1. The average molecular weight is 294 g/mol. The van der Waals surface area contributed by atoms with Crippen LogP contribution in [0.4, 0.5) is 15.8 Å². The molecule has 1 aromatic carbocycles. The Bertz CT molecular complexity index is 591. The molecule has 1 aliphatic rings. The molecule has 21 heavy (non-hydrogen) atoms. The summed E-state index contributed by atoms with van der Waals surface area (Å²) < 4.78 is 14.2. The van der Waals surface area contributed by atoms with E-state index in [0.29, 0.717) is 19.4 Å². The Morgan fingerprint density at radius 2 is 1.95 bits per heavy atom. The molecule has 2 amide bonds. The van der Waals surface area contributed by atoms with Crippen LogP contribution < -0.4 is 22.1 Å². The van der Waals surface area contributed by atoms with E-state index in [1.165, 1.54) is 6.07 Å². The van der Waals surface area contributed by atoms with Crippen LogP contribution in [0.3, 0.4) is 0 Å². The number of anilines is 2. The topological polar surface area (TPSA) is 115 Å². The number of nitrogen functional groups attached to an aromatic ring is 1. The zero-order chi connectivity index (χ0) is 15.7. The summed E-state index contributed by atoms with van der Waals surface area (Å²) in [5.74, 6) is -2.01. The van der Waals surface area contributed by atoms with E-state index < -0.39 is 17.6 Å². The average Bonchev–Trinajstić information content (AvgIpc) is 2.39. The van der Waals surface area contributed by atoms with Crippen molar-refractivity contribution in [3.8, 4) is 0 Å². The number of carbonyl (C=O) groups excluding carboxylic acids is 2. The Balaban J connectivity index is 2.41. The molecule has 1 heterocycles. The first kappa shape index (κ1) is 15.1. The minimum Gasteiger partial charge on any atom is -0.398 e. The SMILES string of the molecule is CC1CCC(C(N)=O)CN1c1cc(C(N)=O)c(N)cc1F. The molecule has 1 fully saturated rings. The Morgan fingerprint density at radius 1 is 1.29 bits per heavy atom. The lowest BCUT2D eigenvalue weighted by molar-refractivity contribution is -0.122. The van der Waals surface area contributed by atoms with Gasteiger partial charge in [-0.2, -0.15) is 0 Å². The lowest BCUT2D eigenvalue weighted by atomic mass is 9.92. The van der Waals surface area contributed by atoms with E-state index in [9.17, 15) is 14.0 Å². The number of carbonyl (C=O) groups is 2. The second-order valence-electron chi connectivity index (χ2n) is 5.43. The number of hydrogen-bond acceptors (Lipinski definition) is 4. The third-order valence-corrected chi connectivity index (χ3v) is 3.98. The predicted molar refractivity (Wildman–Crippen MR) is 78.1 cm³/mol. The Morgan fingerprint density at radius 3 is 2.52 bits per heavy atom. The molecule has 1 saturated heterocycles. The number of hydrogen-bond donors (Lipinski definition) is 3. The standard InChI is InChI=1S/C14H19FN4O2/c1-7-2-3-8(13(17)20)6-19(7)12-4-9(14(18)21)11(16)5-10(12)15/h4-5,7-8H,2-3,6,16H2,1H3,(H2,17,20)(H2,18,21). The van der Waals surface area contributed by atoms with Crippen LogP contribution in [0.1, 0.15) is 30.1 Å². The molecule has 6 N–H and O–H groups in total. The van der Waals surface area contributed by atoms with E-state index in [1.54, 1.807) is 4.90 Å². The van der Waals surface area contributed by atoms with Gasteiger partial charge >= 0.3 is 0 Å². The van der Waals surface area contributed by atoms with E-state index in [2.05, 4.69) is 0 Å². The van der Waals surface area contributed by atoms with Crippen LogP contribution in [0, 0.1) is 11.7 Å². The van der Waals surface area contributed by atoms with Crippen LogP contribution in [-0.2, 0) is 4.79 Å². The highest BCUT2D eigenvalue weighted by atomic mass is 19.1. The van der Waals surface area contributed by atoms with E-state index in [4.69, 9.17) is 17.2 Å². The number of benzene rings is 1. The first-order chi connectivity index (χ1) is 9.81. The van der Waals surface area contributed by atoms with Crippen molar-refractivity contribution in [2.45, 2.75) is 25.8 Å². The van der Waals surface area contributed by atoms with E-state index in [-0.39, 0.29) is 28.9 Å². The number of halogens is 1. The molecule has 0 bridgehead atoms. The van der Waals surface area contributed by atoms with Gasteiger partial charge in [0, 0.05) is 18.3 Å². The van der Waals surface area contributed by atoms with Gasteiger partial charge in [-0.25, -0.2) is 4.39 Å². The van der Waals surface area contributed by atoms with Crippen LogP contribution in [0.25, 0.3) is 0 Å². The van der Waals surface area contributed by atoms with Gasteiger partial charge in [0.1, 0.15) is 5.82 Å². The number of amides is 2. The maximum absolute atomic E-state index is 14.2. The second-order valence-corrected chi connectivity index (χ2v) is 5.43. The molecule has 2 atom stereocenters. The first-order valence-electron chi connectivity index (χ1n) is 6.76. The highest BCUT2D eigenvalue weighted by Gasteiger charge is 2.30. The van der Waals surface area contributed by atoms with Crippen molar-refractivity contribution in [2.75, 3.05) is 17.2 Å². The van der Waals surface area contributed by atoms with Crippen molar-refractivity contribution < 1.29 is 14.0 Å². The maximum Gasteiger partial charge on any atom is 0.250 e. The Kier molecular flexibility index (Phi) is 4.02. The monoisotopic (exact) mass is 294 g/mol. The molecule has 114 valence electrons. The quantitative estimate of drug-likeness (QED) is 0.708. The van der Waals surface area contributed by atoms with Gasteiger partial charge < -0.3 is 22.1 Å². The molecule has 0 radical (unpaired) electrons. The summed E-state index contributed by atoms with van der Waals surface area (Å²) in [6.07, 6.45) is 1.38. The van der Waals surface area contributed by atoms with E-state index >= 15 is 0 Å². The first-order valence-corrected chi connectivity index (χ1v) is 6.76. The summed E-state index contributed by atoms with van der Waals surface area (Å²) in [4.78, 5) is 24.4. The summed E-state index contributed by atoms with van der Waals surface area (Å²) in [7, 11) is 0. The smallest absolute Gasteiger partial charge is 0.250 e. The number of piperidine rings is 1. The highest BCUT2D eigenvalue weighted by molar-refractivity contribution is 5.99. The Hall–Kier alpha value is -2.31. The molecule has 0 aromatic heterocycles. The van der Waals surface area contributed by atoms with Gasteiger partial charge in [0.05, 0.1) is 17.2 Å². The van der Waals surface area contributed by atoms with Crippen LogP contribution in [0.5, 0.6) is 0 Å². The number of primary amides is 2. The summed E-state index contributed by atoms with van der Waals surface area (Å²) >= 11 is 0. The van der Waals surface area contributed by atoms with Crippen LogP contribution in [0.15, 0.2) is 12.1 Å². The third kappa shape index (κ3) is 2.91. The fourth-order valence-electron chi connectivity index (χ4n) is 2.69. The van der Waals surface area contributed by atoms with Gasteiger partial charge in [0.25, 0.3) is 5.91 Å². The van der Waals surface area contributed by atoms with E-state index in [1.807, 2.05) is 6.92 Å². The predicted octanol–water partition coefficient (Wildman–Crippen LogP) is 0.597.